The summed E-state index contributed by atoms with van der Waals surface area (Å²) in [6, 6.07) is -1.03. The zero-order valence-corrected chi connectivity index (χ0v) is 11.5. The monoisotopic (exact) mass is 284 g/mol. The maximum atomic E-state index is 11.5. The highest BCUT2D eigenvalue weighted by molar-refractivity contribution is 7.13. The average Bonchev–Trinajstić information content (AvgIpc) is 2.72. The van der Waals surface area contributed by atoms with E-state index in [4.69, 9.17) is 4.74 Å². The van der Waals surface area contributed by atoms with E-state index < -0.39 is 17.7 Å². The second-order valence-electron chi connectivity index (χ2n) is 4.54. The number of hydrogen-bond donors (Lipinski definition) is 2. The average molecular weight is 284 g/mol. The minimum absolute atomic E-state index is 0.287. The predicted molar refractivity (Wildman–Crippen MR) is 69.6 cm³/mol. The summed E-state index contributed by atoms with van der Waals surface area (Å²) in [5, 5.41) is 6.56. The standard InChI is InChI=1S/C11H14N3O4S/c1-11(2,3)18-10(17)14-7(4-15)8-5-19-9(13-8)12-6-16/h5-7H,1-3H3,(H,14,17)(H,12,13,16). The summed E-state index contributed by atoms with van der Waals surface area (Å²) < 4.78 is 5.02. The summed E-state index contributed by atoms with van der Waals surface area (Å²) in [4.78, 5) is 36.6. The molecule has 7 nitrogen and oxygen atoms in total. The number of ether oxygens (including phenoxy) is 1. The Kier molecular flexibility index (Phi) is 4.99. The molecule has 0 bridgehead atoms. The van der Waals surface area contributed by atoms with E-state index in [1.165, 1.54) is 0 Å². The third kappa shape index (κ3) is 5.04. The van der Waals surface area contributed by atoms with Gasteiger partial charge in [0, 0.05) is 5.38 Å². The number of rotatable bonds is 5. The van der Waals surface area contributed by atoms with Crippen LogP contribution in [0, 0.1) is 0 Å². The van der Waals surface area contributed by atoms with Crippen molar-refractivity contribution < 1.29 is 19.1 Å². The molecule has 2 N–H and O–H groups in total. The molecule has 1 heterocycles. The van der Waals surface area contributed by atoms with Gasteiger partial charge in [0.25, 0.3) is 0 Å². The van der Waals surface area contributed by atoms with E-state index in [0.717, 1.165) is 11.3 Å². The second-order valence-corrected chi connectivity index (χ2v) is 5.39. The van der Waals surface area contributed by atoms with E-state index in [1.54, 1.807) is 32.4 Å². The number of nitrogens with one attached hydrogen (secondary N) is 2. The van der Waals surface area contributed by atoms with Gasteiger partial charge in [-0.25, -0.2) is 9.78 Å². The van der Waals surface area contributed by atoms with Crippen LogP contribution < -0.4 is 10.6 Å². The van der Waals surface area contributed by atoms with Crippen molar-refractivity contribution in [3.05, 3.63) is 11.1 Å². The Morgan fingerprint density at radius 1 is 1.58 bits per heavy atom. The van der Waals surface area contributed by atoms with Gasteiger partial charge in [0.2, 0.25) is 12.7 Å². The van der Waals surface area contributed by atoms with Crippen LogP contribution in [-0.2, 0) is 14.3 Å². The molecule has 0 fully saturated rings. The number of amides is 2. The molecule has 1 unspecified atom stereocenters. The van der Waals surface area contributed by atoms with Crippen LogP contribution in [0.25, 0.3) is 0 Å². The molecule has 1 radical (unpaired) electrons. The first-order valence-corrected chi connectivity index (χ1v) is 6.26. The van der Waals surface area contributed by atoms with Crippen LogP contribution in [0.4, 0.5) is 9.93 Å². The molecular formula is C11H14N3O4S. The Balaban J connectivity index is 2.69. The zero-order chi connectivity index (χ0) is 14.5. The number of aromatic nitrogens is 1. The predicted octanol–water partition coefficient (Wildman–Crippen LogP) is 1.39. The smallest absolute Gasteiger partial charge is 0.408 e. The van der Waals surface area contributed by atoms with Gasteiger partial charge in [0.15, 0.2) is 5.13 Å². The quantitative estimate of drug-likeness (QED) is 0.796. The van der Waals surface area contributed by atoms with E-state index in [-0.39, 0.29) is 5.69 Å². The Morgan fingerprint density at radius 2 is 2.26 bits per heavy atom. The van der Waals surface area contributed by atoms with E-state index in [9.17, 15) is 14.4 Å². The fraction of sp³-hybridized carbons (Fsp3) is 0.455. The SMILES string of the molecule is CC(C)(C)OC(=O)NC([C]=O)c1csc(NC=O)n1. The van der Waals surface area contributed by atoms with Gasteiger partial charge in [0.1, 0.15) is 11.6 Å². The summed E-state index contributed by atoms with van der Waals surface area (Å²) in [5.41, 5.74) is -0.376. The van der Waals surface area contributed by atoms with Crippen molar-refractivity contribution in [2.24, 2.45) is 0 Å². The molecule has 0 saturated carbocycles. The summed E-state index contributed by atoms with van der Waals surface area (Å²) in [6.07, 6.45) is 1.40. The third-order valence-corrected chi connectivity index (χ3v) is 2.57. The highest BCUT2D eigenvalue weighted by Gasteiger charge is 2.22. The largest absolute Gasteiger partial charge is 0.444 e. The number of nitrogens with zero attached hydrogens (tertiary/aromatic N) is 1. The summed E-state index contributed by atoms with van der Waals surface area (Å²) >= 11 is 1.13. The van der Waals surface area contributed by atoms with Crippen molar-refractivity contribution in [1.82, 2.24) is 10.3 Å². The van der Waals surface area contributed by atoms with Crippen molar-refractivity contribution in [2.45, 2.75) is 32.4 Å². The second kappa shape index (κ2) is 6.28. The lowest BCUT2D eigenvalue weighted by Gasteiger charge is -2.20. The number of anilines is 1. The minimum Gasteiger partial charge on any atom is -0.444 e. The van der Waals surface area contributed by atoms with Crippen LogP contribution in [0.15, 0.2) is 5.38 Å². The maximum absolute atomic E-state index is 11.5. The molecular weight excluding hydrogens is 270 g/mol. The van der Waals surface area contributed by atoms with Gasteiger partial charge < -0.3 is 15.4 Å². The van der Waals surface area contributed by atoms with Crippen molar-refractivity contribution >= 4 is 35.3 Å². The number of carbonyl (C=O) groups is 2. The molecule has 1 aromatic rings. The molecule has 0 aliphatic heterocycles. The highest BCUT2D eigenvalue weighted by atomic mass is 32.1. The van der Waals surface area contributed by atoms with Gasteiger partial charge in [-0.15, -0.1) is 11.3 Å². The molecule has 1 aromatic heterocycles. The number of carbonyl (C=O) groups excluding carboxylic acids is 3. The lowest BCUT2D eigenvalue weighted by atomic mass is 10.2. The molecule has 2 amide bonds. The van der Waals surface area contributed by atoms with Gasteiger partial charge >= 0.3 is 6.09 Å². The molecule has 0 saturated heterocycles. The maximum Gasteiger partial charge on any atom is 0.408 e. The lowest BCUT2D eigenvalue weighted by Crippen LogP contribution is -2.35. The van der Waals surface area contributed by atoms with Crippen molar-refractivity contribution in [2.75, 3.05) is 5.32 Å². The highest BCUT2D eigenvalue weighted by Crippen LogP contribution is 2.19. The zero-order valence-electron chi connectivity index (χ0n) is 10.7. The number of hydrogen-bond acceptors (Lipinski definition) is 6. The Morgan fingerprint density at radius 3 is 2.79 bits per heavy atom. The molecule has 19 heavy (non-hydrogen) atoms. The van der Waals surface area contributed by atoms with Crippen LogP contribution >= 0.6 is 11.3 Å². The van der Waals surface area contributed by atoms with Crippen LogP contribution in [0.1, 0.15) is 32.5 Å². The lowest BCUT2D eigenvalue weighted by molar-refractivity contribution is -0.105. The van der Waals surface area contributed by atoms with Gasteiger partial charge in [-0.05, 0) is 20.8 Å². The summed E-state index contributed by atoms with van der Waals surface area (Å²) in [5.74, 6) is 0. The first-order chi connectivity index (χ1) is 8.85. The summed E-state index contributed by atoms with van der Waals surface area (Å²) in [7, 11) is 0. The van der Waals surface area contributed by atoms with Crippen molar-refractivity contribution in [3.8, 4) is 0 Å². The Labute approximate surface area is 114 Å². The van der Waals surface area contributed by atoms with Crippen LogP contribution in [0.2, 0.25) is 0 Å². The Hall–Kier alpha value is -1.96. The fourth-order valence-corrected chi connectivity index (χ4v) is 1.82. The van der Waals surface area contributed by atoms with E-state index in [1.807, 2.05) is 0 Å². The molecule has 8 heteroatoms. The number of alkyl carbamates (subject to hydrolysis) is 1. The molecule has 0 aliphatic carbocycles. The van der Waals surface area contributed by atoms with Crippen LogP contribution in [-0.4, -0.2) is 29.4 Å². The Bertz CT molecular complexity index is 467. The fourth-order valence-electron chi connectivity index (χ4n) is 1.12. The molecule has 0 aromatic carbocycles. The third-order valence-electron chi connectivity index (χ3n) is 1.78. The summed E-state index contributed by atoms with van der Waals surface area (Å²) in [6.45, 7) is 5.13. The number of thiazole rings is 1. The molecule has 1 atom stereocenters. The van der Waals surface area contributed by atoms with Crippen LogP contribution in [0.5, 0.6) is 0 Å². The van der Waals surface area contributed by atoms with E-state index in [2.05, 4.69) is 15.6 Å². The van der Waals surface area contributed by atoms with Gasteiger partial charge in [-0.2, -0.15) is 0 Å². The normalized spacial score (nSPS) is 12.4. The first-order valence-electron chi connectivity index (χ1n) is 5.38. The molecule has 1 rings (SSSR count). The van der Waals surface area contributed by atoms with Crippen molar-refractivity contribution in [3.63, 3.8) is 0 Å². The van der Waals surface area contributed by atoms with Gasteiger partial charge in [0.05, 0.1) is 5.69 Å². The van der Waals surface area contributed by atoms with Gasteiger partial charge in [-0.1, -0.05) is 0 Å². The van der Waals surface area contributed by atoms with E-state index >= 15 is 0 Å². The molecule has 0 aliphatic rings. The molecule has 0 spiro atoms. The first kappa shape index (κ1) is 15.1. The van der Waals surface area contributed by atoms with E-state index in [0.29, 0.717) is 11.5 Å². The van der Waals surface area contributed by atoms with Gasteiger partial charge in [-0.3, -0.25) is 9.59 Å². The van der Waals surface area contributed by atoms with Crippen LogP contribution in [0.3, 0.4) is 0 Å². The molecule has 103 valence electrons. The van der Waals surface area contributed by atoms with Crippen molar-refractivity contribution in [1.29, 1.82) is 0 Å². The topological polar surface area (TPSA) is 97.4 Å². The minimum atomic E-state index is -1.03.